The minimum absolute atomic E-state index is 0.0892. The van der Waals surface area contributed by atoms with Gasteiger partial charge in [-0.2, -0.15) is 0 Å². The van der Waals surface area contributed by atoms with Crippen LogP contribution in [-0.2, 0) is 11.3 Å². The largest absolute Gasteiger partial charge is 0.493 e. The lowest BCUT2D eigenvalue weighted by Gasteiger charge is -2.17. The average Bonchev–Trinajstić information content (AvgIpc) is 3.11. The molecule has 154 valence electrons. The van der Waals surface area contributed by atoms with Crippen LogP contribution >= 0.6 is 0 Å². The molecule has 1 aliphatic heterocycles. The van der Waals surface area contributed by atoms with Gasteiger partial charge in [-0.05, 0) is 36.8 Å². The maximum atomic E-state index is 12.3. The number of aryl methyl sites for hydroxylation is 1. The summed E-state index contributed by atoms with van der Waals surface area (Å²) >= 11 is 0. The number of amides is 3. The van der Waals surface area contributed by atoms with E-state index >= 15 is 0 Å². The maximum absolute atomic E-state index is 12.3. The summed E-state index contributed by atoms with van der Waals surface area (Å²) in [7, 11) is 3.15. The van der Waals surface area contributed by atoms with Gasteiger partial charge >= 0.3 is 6.03 Å². The van der Waals surface area contributed by atoms with E-state index in [1.54, 1.807) is 25.2 Å². The standard InChI is InChI=1S/C22H27N3O4/c1-15-4-7-18(8-5-15)25-14-17(11-21(25)26)13-24-22(27)23-12-16-6-9-19(28-2)20(10-16)29-3/h4-10,17H,11-14H2,1-3H3,(H2,23,24,27)/t17-/m1/s1. The lowest BCUT2D eigenvalue weighted by Crippen LogP contribution is -2.38. The number of rotatable bonds is 7. The summed E-state index contributed by atoms with van der Waals surface area (Å²) in [5.74, 6) is 1.44. The van der Waals surface area contributed by atoms with Crippen LogP contribution < -0.4 is 25.0 Å². The molecule has 0 aromatic heterocycles. The molecule has 3 amide bonds. The Balaban J connectivity index is 1.46. The monoisotopic (exact) mass is 397 g/mol. The number of benzene rings is 2. The average molecular weight is 397 g/mol. The smallest absolute Gasteiger partial charge is 0.315 e. The molecule has 2 N–H and O–H groups in total. The second-order valence-corrected chi connectivity index (χ2v) is 7.16. The van der Waals surface area contributed by atoms with E-state index in [1.165, 1.54) is 0 Å². The van der Waals surface area contributed by atoms with Crippen LogP contribution in [0.2, 0.25) is 0 Å². The van der Waals surface area contributed by atoms with Crippen LogP contribution in [0.4, 0.5) is 10.5 Å². The maximum Gasteiger partial charge on any atom is 0.315 e. The number of urea groups is 1. The molecule has 0 bridgehead atoms. The third-order valence-corrected chi connectivity index (χ3v) is 5.00. The lowest BCUT2D eigenvalue weighted by molar-refractivity contribution is -0.117. The molecular weight excluding hydrogens is 370 g/mol. The van der Waals surface area contributed by atoms with E-state index in [-0.39, 0.29) is 17.9 Å². The van der Waals surface area contributed by atoms with Gasteiger partial charge in [0, 0.05) is 37.7 Å². The van der Waals surface area contributed by atoms with Crippen molar-refractivity contribution in [1.29, 1.82) is 0 Å². The summed E-state index contributed by atoms with van der Waals surface area (Å²) in [5, 5.41) is 5.69. The van der Waals surface area contributed by atoms with Crippen LogP contribution in [0.25, 0.3) is 0 Å². The molecule has 0 unspecified atom stereocenters. The first-order chi connectivity index (χ1) is 14.0. The van der Waals surface area contributed by atoms with Crippen molar-refractivity contribution in [1.82, 2.24) is 10.6 Å². The Labute approximate surface area is 171 Å². The number of nitrogens with zero attached hydrogens (tertiary/aromatic N) is 1. The van der Waals surface area contributed by atoms with E-state index < -0.39 is 0 Å². The fraction of sp³-hybridized carbons (Fsp3) is 0.364. The van der Waals surface area contributed by atoms with Crippen molar-refractivity contribution < 1.29 is 19.1 Å². The Kier molecular flexibility index (Phi) is 6.59. The molecule has 1 atom stereocenters. The van der Waals surface area contributed by atoms with Gasteiger partial charge in [-0.25, -0.2) is 4.79 Å². The number of methoxy groups -OCH3 is 2. The number of carbonyl (C=O) groups is 2. The molecule has 0 saturated carbocycles. The van der Waals surface area contributed by atoms with Crippen LogP contribution in [-0.4, -0.2) is 39.2 Å². The highest BCUT2D eigenvalue weighted by atomic mass is 16.5. The second-order valence-electron chi connectivity index (χ2n) is 7.16. The van der Waals surface area contributed by atoms with Gasteiger partial charge in [0.15, 0.2) is 11.5 Å². The zero-order chi connectivity index (χ0) is 20.8. The molecule has 7 nitrogen and oxygen atoms in total. The Morgan fingerprint density at radius 3 is 2.48 bits per heavy atom. The minimum Gasteiger partial charge on any atom is -0.493 e. The summed E-state index contributed by atoms with van der Waals surface area (Å²) in [4.78, 5) is 26.2. The predicted molar refractivity (Wildman–Crippen MR) is 111 cm³/mol. The number of anilines is 1. The first-order valence-electron chi connectivity index (χ1n) is 9.59. The summed E-state index contributed by atoms with van der Waals surface area (Å²) in [6.45, 7) is 3.44. The van der Waals surface area contributed by atoms with E-state index in [1.807, 2.05) is 43.3 Å². The Morgan fingerprint density at radius 2 is 1.79 bits per heavy atom. The van der Waals surface area contributed by atoms with Crippen LogP contribution in [0, 0.1) is 12.8 Å². The number of ether oxygens (including phenoxy) is 2. The summed E-state index contributed by atoms with van der Waals surface area (Å²) in [6.07, 6.45) is 0.434. The quantitative estimate of drug-likeness (QED) is 0.753. The molecule has 7 heteroatoms. The second kappa shape index (κ2) is 9.32. The highest BCUT2D eigenvalue weighted by Gasteiger charge is 2.30. The van der Waals surface area contributed by atoms with Gasteiger partial charge in [0.2, 0.25) is 5.91 Å². The predicted octanol–water partition coefficient (Wildman–Crippen LogP) is 2.86. The van der Waals surface area contributed by atoms with E-state index in [2.05, 4.69) is 10.6 Å². The molecule has 1 saturated heterocycles. The molecule has 29 heavy (non-hydrogen) atoms. The first kappa shape index (κ1) is 20.5. The van der Waals surface area contributed by atoms with Gasteiger partial charge in [0.25, 0.3) is 0 Å². The van der Waals surface area contributed by atoms with Crippen molar-refractivity contribution in [3.63, 3.8) is 0 Å². The van der Waals surface area contributed by atoms with Gasteiger partial charge < -0.3 is 25.0 Å². The Morgan fingerprint density at radius 1 is 1.07 bits per heavy atom. The first-order valence-corrected chi connectivity index (χ1v) is 9.59. The molecule has 2 aromatic rings. The SMILES string of the molecule is COc1ccc(CNC(=O)NC[C@H]2CC(=O)N(c3ccc(C)cc3)C2)cc1OC. The van der Waals surface area contributed by atoms with Gasteiger partial charge in [0.1, 0.15) is 0 Å². The van der Waals surface area contributed by atoms with Gasteiger partial charge in [-0.15, -0.1) is 0 Å². The van der Waals surface area contributed by atoms with E-state index in [0.717, 1.165) is 16.8 Å². The van der Waals surface area contributed by atoms with Crippen molar-refractivity contribution in [2.75, 3.05) is 32.2 Å². The Hall–Kier alpha value is -3.22. The van der Waals surface area contributed by atoms with Gasteiger partial charge in [-0.3, -0.25) is 4.79 Å². The number of carbonyl (C=O) groups excluding carboxylic acids is 2. The van der Waals surface area contributed by atoms with Crippen molar-refractivity contribution in [3.05, 3.63) is 53.6 Å². The normalized spacial score (nSPS) is 15.9. The van der Waals surface area contributed by atoms with Crippen molar-refractivity contribution in [2.24, 2.45) is 5.92 Å². The van der Waals surface area contributed by atoms with Crippen molar-refractivity contribution in [3.8, 4) is 11.5 Å². The zero-order valence-electron chi connectivity index (χ0n) is 17.0. The Bertz CT molecular complexity index is 867. The molecule has 2 aromatic carbocycles. The molecule has 1 heterocycles. The van der Waals surface area contributed by atoms with Crippen LogP contribution in [0.5, 0.6) is 11.5 Å². The number of hydrogen-bond donors (Lipinski definition) is 2. The fourth-order valence-electron chi connectivity index (χ4n) is 3.37. The van der Waals surface area contributed by atoms with E-state index in [0.29, 0.717) is 37.6 Å². The zero-order valence-corrected chi connectivity index (χ0v) is 17.0. The molecular formula is C22H27N3O4. The van der Waals surface area contributed by atoms with Crippen molar-refractivity contribution >= 4 is 17.6 Å². The molecule has 0 aliphatic carbocycles. The van der Waals surface area contributed by atoms with Gasteiger partial charge in [-0.1, -0.05) is 23.8 Å². The number of nitrogens with one attached hydrogen (secondary N) is 2. The van der Waals surface area contributed by atoms with Crippen LogP contribution in [0.3, 0.4) is 0 Å². The summed E-state index contributed by atoms with van der Waals surface area (Å²) in [6, 6.07) is 13.1. The molecule has 1 aliphatic rings. The van der Waals surface area contributed by atoms with E-state index in [4.69, 9.17) is 9.47 Å². The summed E-state index contributed by atoms with van der Waals surface area (Å²) in [5.41, 5.74) is 2.96. The highest BCUT2D eigenvalue weighted by molar-refractivity contribution is 5.95. The highest BCUT2D eigenvalue weighted by Crippen LogP contribution is 2.27. The summed E-state index contributed by atoms with van der Waals surface area (Å²) < 4.78 is 10.5. The van der Waals surface area contributed by atoms with Gasteiger partial charge in [0.05, 0.1) is 14.2 Å². The molecule has 0 spiro atoms. The van der Waals surface area contributed by atoms with E-state index in [9.17, 15) is 9.59 Å². The molecule has 3 rings (SSSR count). The number of hydrogen-bond acceptors (Lipinski definition) is 4. The molecule has 0 radical (unpaired) electrons. The van der Waals surface area contributed by atoms with Crippen LogP contribution in [0.1, 0.15) is 17.5 Å². The van der Waals surface area contributed by atoms with Crippen LogP contribution in [0.15, 0.2) is 42.5 Å². The topological polar surface area (TPSA) is 79.9 Å². The molecule has 1 fully saturated rings. The third kappa shape index (κ3) is 5.19. The third-order valence-electron chi connectivity index (χ3n) is 5.00. The minimum atomic E-state index is -0.263. The van der Waals surface area contributed by atoms with Crippen molar-refractivity contribution in [2.45, 2.75) is 19.9 Å². The fourth-order valence-corrected chi connectivity index (χ4v) is 3.37. The lowest BCUT2D eigenvalue weighted by atomic mass is 10.1.